The lowest BCUT2D eigenvalue weighted by atomic mass is 9.99. The van der Waals surface area contributed by atoms with Gasteiger partial charge < -0.3 is 21.1 Å². The monoisotopic (exact) mass is 457 g/mol. The van der Waals surface area contributed by atoms with Crippen molar-refractivity contribution in [2.75, 3.05) is 23.8 Å². The molecule has 2 amide bonds. The van der Waals surface area contributed by atoms with Crippen LogP contribution >= 0.6 is 0 Å². The lowest BCUT2D eigenvalue weighted by molar-refractivity contribution is -0.111. The van der Waals surface area contributed by atoms with E-state index >= 15 is 0 Å². The van der Waals surface area contributed by atoms with Crippen molar-refractivity contribution >= 4 is 23.3 Å². The summed E-state index contributed by atoms with van der Waals surface area (Å²) in [5.74, 6) is 1.21. The first kappa shape index (κ1) is 21.8. The van der Waals surface area contributed by atoms with Crippen LogP contribution in [0.25, 0.3) is 11.3 Å². The van der Waals surface area contributed by atoms with Gasteiger partial charge in [-0.25, -0.2) is 4.68 Å². The number of carbonyl (C=O) groups excluding carboxylic acids is 2. The number of aromatic nitrogens is 2. The fourth-order valence-corrected chi connectivity index (χ4v) is 4.29. The quantitative estimate of drug-likeness (QED) is 0.443. The van der Waals surface area contributed by atoms with Gasteiger partial charge in [0.05, 0.1) is 12.6 Å². The fourth-order valence-electron chi connectivity index (χ4n) is 4.29. The van der Waals surface area contributed by atoms with Crippen LogP contribution in [0.1, 0.15) is 41.2 Å². The topological polar surface area (TPSA) is 111 Å². The van der Waals surface area contributed by atoms with Crippen molar-refractivity contribution in [1.29, 1.82) is 0 Å². The van der Waals surface area contributed by atoms with Gasteiger partial charge in [0.15, 0.2) is 0 Å². The minimum absolute atomic E-state index is 0.189. The first-order valence-corrected chi connectivity index (χ1v) is 11.5. The molecule has 1 aliphatic carbocycles. The largest absolute Gasteiger partial charge is 0.493 e. The van der Waals surface area contributed by atoms with E-state index < -0.39 is 5.91 Å². The number of primary amides is 1. The van der Waals surface area contributed by atoms with E-state index in [0.717, 1.165) is 29.9 Å². The summed E-state index contributed by atoms with van der Waals surface area (Å²) in [6.07, 6.45) is 4.42. The first-order valence-electron chi connectivity index (χ1n) is 11.5. The summed E-state index contributed by atoms with van der Waals surface area (Å²) in [4.78, 5) is 24.5. The summed E-state index contributed by atoms with van der Waals surface area (Å²) >= 11 is 0. The summed E-state index contributed by atoms with van der Waals surface area (Å²) in [5.41, 5.74) is 9.04. The predicted octanol–water partition coefficient (Wildman–Crippen LogP) is 3.97. The van der Waals surface area contributed by atoms with Gasteiger partial charge in [0.25, 0.3) is 5.91 Å². The zero-order valence-corrected chi connectivity index (χ0v) is 18.8. The Morgan fingerprint density at radius 1 is 1.18 bits per heavy atom. The van der Waals surface area contributed by atoms with E-state index in [1.54, 1.807) is 4.68 Å². The van der Waals surface area contributed by atoms with Gasteiger partial charge in [-0.15, -0.1) is 0 Å². The highest BCUT2D eigenvalue weighted by Crippen LogP contribution is 2.39. The Bertz CT molecular complexity index is 1240. The maximum atomic E-state index is 12.5. The number of nitrogens with zero attached hydrogens (tertiary/aromatic N) is 2. The molecule has 4 N–H and O–H groups in total. The first-order chi connectivity index (χ1) is 16.5. The maximum Gasteiger partial charge on any atom is 0.254 e. The van der Waals surface area contributed by atoms with Crippen LogP contribution in [0.4, 0.5) is 11.5 Å². The third-order valence-electron chi connectivity index (χ3n) is 6.24. The molecule has 1 fully saturated rings. The molecule has 2 aromatic carbocycles. The molecule has 8 heteroatoms. The lowest BCUT2D eigenvalue weighted by Crippen LogP contribution is -2.27. The fraction of sp³-hybridized carbons (Fsp3) is 0.269. The third kappa shape index (κ3) is 4.26. The van der Waals surface area contributed by atoms with Crippen molar-refractivity contribution in [2.45, 2.75) is 25.3 Å². The molecule has 5 rings (SSSR count). The van der Waals surface area contributed by atoms with E-state index in [9.17, 15) is 9.59 Å². The SMILES string of the molecule is C=CC(=O)Nc1ccccc1[C@@H]1CCNc2c(C(N)=O)c(-c3ccc(OCC4CC4)cc3)nn21. The van der Waals surface area contributed by atoms with Crippen molar-refractivity contribution < 1.29 is 14.3 Å². The Morgan fingerprint density at radius 3 is 2.65 bits per heavy atom. The number of amides is 2. The third-order valence-corrected chi connectivity index (χ3v) is 6.24. The van der Waals surface area contributed by atoms with Crippen LogP contribution < -0.4 is 21.1 Å². The van der Waals surface area contributed by atoms with Crippen LogP contribution in [0.5, 0.6) is 5.75 Å². The van der Waals surface area contributed by atoms with Gasteiger partial charge in [0.2, 0.25) is 5.91 Å². The summed E-state index contributed by atoms with van der Waals surface area (Å²) < 4.78 is 7.64. The number of rotatable bonds is 8. The smallest absolute Gasteiger partial charge is 0.254 e. The zero-order valence-electron chi connectivity index (χ0n) is 18.8. The molecule has 0 bridgehead atoms. The average Bonchev–Trinajstić information content (AvgIpc) is 3.60. The second-order valence-electron chi connectivity index (χ2n) is 8.67. The number of para-hydroxylation sites is 1. The van der Waals surface area contributed by atoms with Gasteiger partial charge in [-0.1, -0.05) is 24.8 Å². The second kappa shape index (κ2) is 9.05. The molecule has 3 aromatic rings. The van der Waals surface area contributed by atoms with E-state index in [4.69, 9.17) is 15.6 Å². The van der Waals surface area contributed by atoms with Crippen molar-refractivity contribution in [3.05, 3.63) is 72.3 Å². The van der Waals surface area contributed by atoms with Gasteiger partial charge in [-0.2, -0.15) is 5.10 Å². The molecule has 1 saturated carbocycles. The van der Waals surface area contributed by atoms with E-state index in [2.05, 4.69) is 17.2 Å². The number of nitrogens with one attached hydrogen (secondary N) is 2. The van der Waals surface area contributed by atoms with E-state index in [1.165, 1.54) is 18.9 Å². The highest BCUT2D eigenvalue weighted by Gasteiger charge is 2.31. The molecule has 0 radical (unpaired) electrons. The molecule has 34 heavy (non-hydrogen) atoms. The van der Waals surface area contributed by atoms with Crippen LogP contribution in [-0.2, 0) is 4.79 Å². The summed E-state index contributed by atoms with van der Waals surface area (Å²) in [6, 6.07) is 15.0. The van der Waals surface area contributed by atoms with Gasteiger partial charge >= 0.3 is 0 Å². The summed E-state index contributed by atoms with van der Waals surface area (Å²) in [5, 5.41) is 11.0. The number of fused-ring (bicyclic) bond motifs is 1. The maximum absolute atomic E-state index is 12.5. The standard InChI is InChI=1S/C26H27N5O3/c1-2-22(32)29-20-6-4-3-5-19(20)21-13-14-28-26-23(25(27)33)24(30-31(21)26)17-9-11-18(12-10-17)34-15-16-7-8-16/h2-6,9-12,16,21,28H,1,7-8,13-15H2,(H2,27,33)(H,29,32)/t21-/m0/s1. The summed E-state index contributed by atoms with van der Waals surface area (Å²) in [7, 11) is 0. The Balaban J connectivity index is 1.52. The van der Waals surface area contributed by atoms with Crippen molar-refractivity contribution in [3.8, 4) is 17.0 Å². The molecule has 0 unspecified atom stereocenters. The van der Waals surface area contributed by atoms with Gasteiger partial charge in [0, 0.05) is 23.4 Å². The van der Waals surface area contributed by atoms with Crippen molar-refractivity contribution in [3.63, 3.8) is 0 Å². The highest BCUT2D eigenvalue weighted by atomic mass is 16.5. The second-order valence-corrected chi connectivity index (χ2v) is 8.67. The number of benzene rings is 2. The number of hydrogen-bond acceptors (Lipinski definition) is 5. The van der Waals surface area contributed by atoms with Gasteiger partial charge in [0.1, 0.15) is 22.8 Å². The molecule has 2 aliphatic rings. The highest BCUT2D eigenvalue weighted by molar-refractivity contribution is 6.04. The molecule has 1 atom stereocenters. The molecule has 1 aromatic heterocycles. The van der Waals surface area contributed by atoms with Gasteiger partial charge in [-0.05, 0) is 61.6 Å². The number of ether oxygens (including phenoxy) is 1. The van der Waals surface area contributed by atoms with Crippen LogP contribution in [0, 0.1) is 5.92 Å². The zero-order chi connectivity index (χ0) is 23.7. The molecule has 0 saturated heterocycles. The Hall–Kier alpha value is -4.07. The van der Waals surface area contributed by atoms with Crippen LogP contribution in [0.2, 0.25) is 0 Å². The molecule has 1 aliphatic heterocycles. The predicted molar refractivity (Wildman–Crippen MR) is 131 cm³/mol. The Labute approximate surface area is 197 Å². The van der Waals surface area contributed by atoms with Crippen molar-refractivity contribution in [2.24, 2.45) is 11.7 Å². The summed E-state index contributed by atoms with van der Waals surface area (Å²) in [6.45, 7) is 4.90. The van der Waals surface area contributed by atoms with E-state index in [-0.39, 0.29) is 11.9 Å². The molecular formula is C26H27N5O3. The minimum atomic E-state index is -0.549. The van der Waals surface area contributed by atoms with Crippen LogP contribution in [-0.4, -0.2) is 34.7 Å². The Morgan fingerprint density at radius 2 is 1.94 bits per heavy atom. The lowest BCUT2D eigenvalue weighted by Gasteiger charge is -2.28. The molecule has 8 nitrogen and oxygen atoms in total. The normalized spacial score (nSPS) is 16.8. The number of hydrogen-bond donors (Lipinski definition) is 3. The number of anilines is 2. The molecule has 0 spiro atoms. The number of nitrogens with two attached hydrogens (primary N) is 1. The number of carbonyl (C=O) groups is 2. The van der Waals surface area contributed by atoms with Crippen LogP contribution in [0.15, 0.2) is 61.2 Å². The minimum Gasteiger partial charge on any atom is -0.493 e. The van der Waals surface area contributed by atoms with Crippen molar-refractivity contribution in [1.82, 2.24) is 9.78 Å². The van der Waals surface area contributed by atoms with Gasteiger partial charge in [-0.3, -0.25) is 9.59 Å². The molecule has 2 heterocycles. The van der Waals surface area contributed by atoms with E-state index in [1.807, 2.05) is 48.5 Å². The van der Waals surface area contributed by atoms with E-state index in [0.29, 0.717) is 35.2 Å². The molecular weight excluding hydrogens is 430 g/mol. The van der Waals surface area contributed by atoms with Crippen LogP contribution in [0.3, 0.4) is 0 Å². The Kier molecular flexibility index (Phi) is 5.79. The molecule has 174 valence electrons. The average molecular weight is 458 g/mol.